The fourth-order valence-electron chi connectivity index (χ4n) is 3.94. The number of piperazine rings is 1. The van der Waals surface area contributed by atoms with Gasteiger partial charge in [0.25, 0.3) is 5.91 Å². The second-order valence-electron chi connectivity index (χ2n) is 7.86. The molecule has 1 N–H and O–H groups in total. The highest BCUT2D eigenvalue weighted by atomic mass is 79.9. The molecule has 0 saturated carbocycles. The molecule has 4 rings (SSSR count). The summed E-state index contributed by atoms with van der Waals surface area (Å²) >= 11 is 9.76. The maximum absolute atomic E-state index is 14.2. The Balaban J connectivity index is 1.47. The van der Waals surface area contributed by atoms with Crippen LogP contribution in [-0.2, 0) is 0 Å². The van der Waals surface area contributed by atoms with Crippen LogP contribution in [0.15, 0.2) is 40.9 Å². The summed E-state index contributed by atoms with van der Waals surface area (Å²) < 4.78 is 74.8. The number of amides is 1. The van der Waals surface area contributed by atoms with Gasteiger partial charge in [0, 0.05) is 36.3 Å². The lowest BCUT2D eigenvalue weighted by Gasteiger charge is -2.38. The maximum atomic E-state index is 14.2. The van der Waals surface area contributed by atoms with Crippen molar-refractivity contribution in [1.29, 1.82) is 0 Å². The summed E-state index contributed by atoms with van der Waals surface area (Å²) in [6, 6.07) is 9.88. The summed E-state index contributed by atoms with van der Waals surface area (Å²) in [6.45, 7) is 0.409. The molecule has 0 unspecified atom stereocenters. The third-order valence-corrected chi connectivity index (χ3v) is 6.53. The largest absolute Gasteiger partial charge is 0.496 e. The fourth-order valence-corrected chi connectivity index (χ4v) is 4.60. The van der Waals surface area contributed by atoms with Crippen molar-refractivity contribution in [2.45, 2.75) is 0 Å². The van der Waals surface area contributed by atoms with E-state index in [0.717, 1.165) is 4.90 Å². The maximum Gasteiger partial charge on any atom is 0.259 e. The Morgan fingerprint density at radius 3 is 2.06 bits per heavy atom. The highest BCUT2D eigenvalue weighted by Crippen LogP contribution is 2.34. The predicted molar refractivity (Wildman–Crippen MR) is 131 cm³/mol. The number of rotatable bonds is 5. The van der Waals surface area contributed by atoms with E-state index in [1.807, 2.05) is 4.90 Å². The number of halogens is 7. The van der Waals surface area contributed by atoms with E-state index in [4.69, 9.17) is 16.3 Å². The number of anilines is 3. The molecule has 0 aromatic heterocycles. The van der Waals surface area contributed by atoms with Crippen molar-refractivity contribution in [1.82, 2.24) is 0 Å². The van der Waals surface area contributed by atoms with Gasteiger partial charge in [-0.2, -0.15) is 0 Å². The summed E-state index contributed by atoms with van der Waals surface area (Å²) in [5.41, 5.74) is 0.386. The molecule has 36 heavy (non-hydrogen) atoms. The molecule has 1 fully saturated rings. The molecule has 1 aliphatic heterocycles. The van der Waals surface area contributed by atoms with Gasteiger partial charge in [0.05, 0.1) is 23.4 Å². The number of carbonyl (C=O) groups is 1. The predicted octanol–water partition coefficient (Wildman–Crippen LogP) is 6.39. The van der Waals surface area contributed by atoms with Crippen LogP contribution in [0.5, 0.6) is 5.75 Å². The van der Waals surface area contributed by atoms with Crippen molar-refractivity contribution in [2.24, 2.45) is 0 Å². The van der Waals surface area contributed by atoms with E-state index in [1.165, 1.54) is 7.11 Å². The Morgan fingerprint density at radius 1 is 0.889 bits per heavy atom. The van der Waals surface area contributed by atoms with Crippen LogP contribution >= 0.6 is 27.5 Å². The summed E-state index contributed by atoms with van der Waals surface area (Å²) in [5, 5.41) is 3.06. The van der Waals surface area contributed by atoms with Crippen LogP contribution in [0.2, 0.25) is 5.02 Å². The zero-order chi connectivity index (χ0) is 26.1. The van der Waals surface area contributed by atoms with Gasteiger partial charge in [-0.05, 0) is 36.4 Å². The lowest BCUT2D eigenvalue weighted by Crippen LogP contribution is -2.47. The molecule has 190 valence electrons. The third kappa shape index (κ3) is 4.94. The summed E-state index contributed by atoms with van der Waals surface area (Å²) in [7, 11) is 1.46. The highest BCUT2D eigenvalue weighted by Gasteiger charge is 2.31. The average Bonchev–Trinajstić information content (AvgIpc) is 2.87. The molecule has 0 bridgehead atoms. The molecule has 1 saturated heterocycles. The van der Waals surface area contributed by atoms with Gasteiger partial charge in [0.1, 0.15) is 11.4 Å². The molecular formula is C24H18BrClF5N3O2. The van der Waals surface area contributed by atoms with Gasteiger partial charge in [-0.25, -0.2) is 22.0 Å². The van der Waals surface area contributed by atoms with Crippen molar-refractivity contribution in [3.05, 3.63) is 80.5 Å². The Bertz CT molecular complexity index is 1310. The van der Waals surface area contributed by atoms with Crippen LogP contribution in [0.25, 0.3) is 0 Å². The van der Waals surface area contributed by atoms with Gasteiger partial charge in [-0.3, -0.25) is 4.79 Å². The molecule has 12 heteroatoms. The molecule has 3 aromatic rings. The van der Waals surface area contributed by atoms with E-state index >= 15 is 0 Å². The van der Waals surface area contributed by atoms with Gasteiger partial charge < -0.3 is 19.9 Å². The number of ether oxygens (including phenoxy) is 1. The lowest BCUT2D eigenvalue weighted by molar-refractivity contribution is 0.102. The van der Waals surface area contributed by atoms with E-state index in [1.54, 1.807) is 36.4 Å². The number of nitrogens with one attached hydrogen (secondary N) is 1. The van der Waals surface area contributed by atoms with E-state index in [2.05, 4.69) is 21.2 Å². The van der Waals surface area contributed by atoms with Crippen LogP contribution in [0, 0.1) is 29.1 Å². The molecule has 3 aromatic carbocycles. The first-order valence-electron chi connectivity index (χ1n) is 10.6. The minimum absolute atomic E-state index is 0.00412. The van der Waals surface area contributed by atoms with Crippen LogP contribution in [0.4, 0.5) is 39.0 Å². The van der Waals surface area contributed by atoms with Crippen LogP contribution in [-0.4, -0.2) is 39.2 Å². The Hall–Kier alpha value is -3.05. The molecule has 5 nitrogen and oxygen atoms in total. The second kappa shape index (κ2) is 10.5. The monoisotopic (exact) mass is 589 g/mol. The minimum atomic E-state index is -2.19. The molecule has 1 aliphatic rings. The lowest BCUT2D eigenvalue weighted by atomic mass is 10.1. The van der Waals surface area contributed by atoms with Gasteiger partial charge >= 0.3 is 0 Å². The van der Waals surface area contributed by atoms with Crippen LogP contribution < -0.4 is 19.9 Å². The van der Waals surface area contributed by atoms with Crippen LogP contribution in [0.3, 0.4) is 0 Å². The van der Waals surface area contributed by atoms with Crippen molar-refractivity contribution in [3.63, 3.8) is 0 Å². The summed E-state index contributed by atoms with van der Waals surface area (Å²) in [5.74, 6) is -9.89. The summed E-state index contributed by atoms with van der Waals surface area (Å²) in [4.78, 5) is 15.7. The van der Waals surface area contributed by atoms with Crippen molar-refractivity contribution in [2.75, 3.05) is 48.4 Å². The van der Waals surface area contributed by atoms with E-state index in [9.17, 15) is 26.7 Å². The standard InChI is InChI=1S/C24H18BrClF5N3O2/c1-36-17-5-2-12(25)10-14(17)24(35)32-13-3-4-16(15(26)11-13)33-6-8-34(9-7-33)23-21(30)19(28)18(27)20(29)22(23)31/h2-5,10-11H,6-9H2,1H3,(H,32,35). The van der Waals surface area contributed by atoms with Crippen molar-refractivity contribution >= 4 is 50.5 Å². The fraction of sp³-hybridized carbons (Fsp3) is 0.208. The smallest absolute Gasteiger partial charge is 0.259 e. The van der Waals surface area contributed by atoms with Crippen LogP contribution in [0.1, 0.15) is 10.4 Å². The first kappa shape index (κ1) is 26.0. The normalized spacial score (nSPS) is 13.7. The molecule has 0 aliphatic carbocycles. The average molecular weight is 591 g/mol. The molecular weight excluding hydrogens is 573 g/mol. The summed E-state index contributed by atoms with van der Waals surface area (Å²) in [6.07, 6.45) is 0. The van der Waals surface area contributed by atoms with Gasteiger partial charge in [-0.15, -0.1) is 0 Å². The SMILES string of the molecule is COc1ccc(Br)cc1C(=O)Nc1ccc(N2CCN(c3c(F)c(F)c(F)c(F)c3F)CC2)c(Cl)c1. The molecule has 0 radical (unpaired) electrons. The number of hydrogen-bond donors (Lipinski definition) is 1. The minimum Gasteiger partial charge on any atom is -0.496 e. The number of hydrogen-bond acceptors (Lipinski definition) is 4. The Kier molecular flexibility index (Phi) is 7.60. The number of nitrogens with zero attached hydrogens (tertiary/aromatic N) is 2. The van der Waals surface area contributed by atoms with Gasteiger partial charge in [-0.1, -0.05) is 27.5 Å². The van der Waals surface area contributed by atoms with E-state index in [-0.39, 0.29) is 26.2 Å². The van der Waals surface area contributed by atoms with E-state index < -0.39 is 40.7 Å². The topological polar surface area (TPSA) is 44.8 Å². The van der Waals surface area contributed by atoms with E-state index in [0.29, 0.717) is 32.2 Å². The molecule has 1 heterocycles. The first-order chi connectivity index (χ1) is 17.1. The first-order valence-corrected chi connectivity index (χ1v) is 11.7. The van der Waals surface area contributed by atoms with Crippen molar-refractivity contribution in [3.8, 4) is 5.75 Å². The number of methoxy groups -OCH3 is 1. The molecule has 0 atom stereocenters. The number of benzene rings is 3. The molecule has 1 amide bonds. The quantitative estimate of drug-likeness (QED) is 0.213. The number of carbonyl (C=O) groups excluding carboxylic acids is 1. The Labute approximate surface area is 216 Å². The Morgan fingerprint density at radius 2 is 1.47 bits per heavy atom. The van der Waals surface area contributed by atoms with Crippen molar-refractivity contribution < 1.29 is 31.5 Å². The highest BCUT2D eigenvalue weighted by molar-refractivity contribution is 9.10. The zero-order valence-electron chi connectivity index (χ0n) is 18.6. The zero-order valence-corrected chi connectivity index (χ0v) is 21.0. The second-order valence-corrected chi connectivity index (χ2v) is 9.18. The van der Waals surface area contributed by atoms with Gasteiger partial charge in [0.15, 0.2) is 23.3 Å². The third-order valence-electron chi connectivity index (χ3n) is 5.73. The molecule has 0 spiro atoms. The van der Waals surface area contributed by atoms with Gasteiger partial charge in [0.2, 0.25) is 5.82 Å².